The van der Waals surface area contributed by atoms with Crippen molar-refractivity contribution in [1.29, 1.82) is 0 Å². The van der Waals surface area contributed by atoms with Crippen LogP contribution in [0.1, 0.15) is 43.9 Å². The minimum atomic E-state index is -0.399. The van der Waals surface area contributed by atoms with Gasteiger partial charge in [-0.05, 0) is 50.1 Å². The van der Waals surface area contributed by atoms with Gasteiger partial charge in [0.15, 0.2) is 0 Å². The topological polar surface area (TPSA) is 61.4 Å². The number of likely N-dealkylation sites (N-methyl/N-ethyl adjacent to an activating group) is 1. The van der Waals surface area contributed by atoms with E-state index in [1.54, 1.807) is 11.3 Å². The van der Waals surface area contributed by atoms with Gasteiger partial charge in [0, 0.05) is 18.0 Å². The molecule has 3 amide bonds. The van der Waals surface area contributed by atoms with E-state index < -0.39 is 6.03 Å². The number of nitrogens with one attached hydrogen (secondary N) is 2. The molecule has 0 saturated carbocycles. The maximum Gasteiger partial charge on any atom is 0.321 e. The first-order chi connectivity index (χ1) is 11.7. The summed E-state index contributed by atoms with van der Waals surface area (Å²) < 4.78 is 0. The van der Waals surface area contributed by atoms with Crippen molar-refractivity contribution in [3.63, 3.8) is 0 Å². The molecular formula is C18H27N3O2S. The van der Waals surface area contributed by atoms with Crippen molar-refractivity contribution in [2.24, 2.45) is 0 Å². The molecule has 0 atom stereocenters. The summed E-state index contributed by atoms with van der Waals surface area (Å²) >= 11 is 1.67. The van der Waals surface area contributed by atoms with Gasteiger partial charge in [-0.3, -0.25) is 15.0 Å². The molecule has 0 aliphatic heterocycles. The van der Waals surface area contributed by atoms with Crippen LogP contribution in [0.2, 0.25) is 0 Å². The fraction of sp³-hybridized carbons (Fsp3) is 0.556. The summed E-state index contributed by atoms with van der Waals surface area (Å²) in [6.07, 6.45) is 7.95. The highest BCUT2D eigenvalue weighted by atomic mass is 32.1. The lowest BCUT2D eigenvalue weighted by atomic mass is 9.97. The quantitative estimate of drug-likeness (QED) is 0.708. The highest BCUT2D eigenvalue weighted by molar-refractivity contribution is 7.09. The number of carbonyl (C=O) groups excluding carboxylic acids is 2. The van der Waals surface area contributed by atoms with Gasteiger partial charge in [-0.15, -0.1) is 11.3 Å². The second-order valence-electron chi connectivity index (χ2n) is 6.04. The molecule has 1 aliphatic rings. The van der Waals surface area contributed by atoms with Gasteiger partial charge in [0.05, 0.1) is 6.54 Å². The summed E-state index contributed by atoms with van der Waals surface area (Å²) in [4.78, 5) is 27.0. The molecular weight excluding hydrogens is 322 g/mol. The van der Waals surface area contributed by atoms with E-state index >= 15 is 0 Å². The van der Waals surface area contributed by atoms with Gasteiger partial charge < -0.3 is 5.32 Å². The van der Waals surface area contributed by atoms with Crippen molar-refractivity contribution in [2.45, 2.75) is 45.6 Å². The van der Waals surface area contributed by atoms with Crippen LogP contribution in [0.15, 0.2) is 29.2 Å². The van der Waals surface area contributed by atoms with Crippen LogP contribution < -0.4 is 10.6 Å². The molecule has 0 bridgehead atoms. The van der Waals surface area contributed by atoms with Crippen LogP contribution in [0.25, 0.3) is 0 Å². The maximum atomic E-state index is 12.0. The van der Waals surface area contributed by atoms with Crippen LogP contribution >= 0.6 is 11.3 Å². The molecule has 132 valence electrons. The summed E-state index contributed by atoms with van der Waals surface area (Å²) in [6, 6.07) is 3.66. The summed E-state index contributed by atoms with van der Waals surface area (Å²) in [5.74, 6) is -0.261. The first kappa shape index (κ1) is 18.7. The Kier molecular flexibility index (Phi) is 7.98. The van der Waals surface area contributed by atoms with Gasteiger partial charge in [-0.1, -0.05) is 24.6 Å². The largest absolute Gasteiger partial charge is 0.337 e. The molecule has 5 nitrogen and oxygen atoms in total. The average molecular weight is 350 g/mol. The second-order valence-corrected chi connectivity index (χ2v) is 7.08. The highest BCUT2D eigenvalue weighted by Gasteiger charge is 2.13. The first-order valence-corrected chi connectivity index (χ1v) is 9.55. The molecule has 24 heavy (non-hydrogen) atoms. The highest BCUT2D eigenvalue weighted by Crippen LogP contribution is 2.19. The smallest absolute Gasteiger partial charge is 0.321 e. The number of imide groups is 1. The lowest BCUT2D eigenvalue weighted by Crippen LogP contribution is -2.44. The van der Waals surface area contributed by atoms with Crippen LogP contribution in [-0.4, -0.2) is 36.5 Å². The van der Waals surface area contributed by atoms with E-state index in [1.165, 1.54) is 23.3 Å². The van der Waals surface area contributed by atoms with Crippen LogP contribution in [0, 0.1) is 0 Å². The summed E-state index contributed by atoms with van der Waals surface area (Å²) in [6.45, 7) is 4.32. The summed E-state index contributed by atoms with van der Waals surface area (Å²) in [5.41, 5.74) is 1.42. The van der Waals surface area contributed by atoms with Gasteiger partial charge >= 0.3 is 6.03 Å². The van der Waals surface area contributed by atoms with E-state index in [0.29, 0.717) is 6.54 Å². The van der Waals surface area contributed by atoms with E-state index in [9.17, 15) is 9.59 Å². The Labute approximate surface area is 148 Å². The number of allylic oxidation sites excluding steroid dienone is 1. The molecule has 0 radical (unpaired) electrons. The molecule has 0 unspecified atom stereocenters. The minimum absolute atomic E-state index is 0.229. The molecule has 0 aromatic carbocycles. The zero-order chi connectivity index (χ0) is 17.2. The van der Waals surface area contributed by atoms with Crippen molar-refractivity contribution >= 4 is 23.3 Å². The predicted molar refractivity (Wildman–Crippen MR) is 98.0 cm³/mol. The van der Waals surface area contributed by atoms with Gasteiger partial charge in [0.25, 0.3) is 0 Å². The van der Waals surface area contributed by atoms with E-state index in [4.69, 9.17) is 0 Å². The van der Waals surface area contributed by atoms with E-state index in [2.05, 4.69) is 22.8 Å². The van der Waals surface area contributed by atoms with Gasteiger partial charge in [0.1, 0.15) is 0 Å². The number of rotatable bonds is 8. The van der Waals surface area contributed by atoms with Gasteiger partial charge in [0.2, 0.25) is 5.91 Å². The number of hydrogen-bond donors (Lipinski definition) is 2. The number of carbonyl (C=O) groups is 2. The van der Waals surface area contributed by atoms with Crippen LogP contribution in [0.4, 0.5) is 4.79 Å². The molecule has 0 spiro atoms. The average Bonchev–Trinajstić information content (AvgIpc) is 3.08. The van der Waals surface area contributed by atoms with Crippen LogP contribution in [0.3, 0.4) is 0 Å². The predicted octanol–water partition coefficient (Wildman–Crippen LogP) is 3.29. The molecule has 2 rings (SSSR count). The lowest BCUT2D eigenvalue weighted by Gasteiger charge is -2.18. The third-order valence-electron chi connectivity index (χ3n) is 4.14. The van der Waals surface area contributed by atoms with Crippen molar-refractivity contribution < 1.29 is 9.59 Å². The Balaban J connectivity index is 1.64. The summed E-state index contributed by atoms with van der Waals surface area (Å²) in [7, 11) is 0. The van der Waals surface area contributed by atoms with Gasteiger partial charge in [-0.25, -0.2) is 4.79 Å². The number of urea groups is 1. The third-order valence-corrected chi connectivity index (χ3v) is 5.00. The molecule has 1 aromatic heterocycles. The lowest BCUT2D eigenvalue weighted by molar-refractivity contribution is -0.121. The van der Waals surface area contributed by atoms with Crippen LogP contribution in [-0.2, 0) is 11.3 Å². The molecule has 1 aliphatic carbocycles. The molecule has 2 N–H and O–H groups in total. The van der Waals surface area contributed by atoms with Crippen molar-refractivity contribution in [2.75, 3.05) is 19.6 Å². The third kappa shape index (κ3) is 6.84. The Morgan fingerprint density at radius 2 is 2.21 bits per heavy atom. The minimum Gasteiger partial charge on any atom is -0.337 e. The van der Waals surface area contributed by atoms with E-state index in [-0.39, 0.29) is 12.5 Å². The van der Waals surface area contributed by atoms with Crippen molar-refractivity contribution in [3.05, 3.63) is 34.0 Å². The fourth-order valence-electron chi connectivity index (χ4n) is 2.78. The van der Waals surface area contributed by atoms with E-state index in [1.807, 2.05) is 23.3 Å². The molecule has 1 heterocycles. The number of hydrogen-bond acceptors (Lipinski definition) is 4. The molecule has 0 fully saturated rings. The fourth-order valence-corrected chi connectivity index (χ4v) is 3.53. The molecule has 0 saturated heterocycles. The molecule has 1 aromatic rings. The zero-order valence-electron chi connectivity index (χ0n) is 14.3. The Morgan fingerprint density at radius 3 is 2.88 bits per heavy atom. The number of amides is 3. The standard InChI is InChI=1S/C18H27N3O2S/c1-2-21(13-16-9-6-12-24-16)14-17(22)20-18(23)19-11-10-15-7-4-3-5-8-15/h6-7,9,12H,2-5,8,10-11,13-14H2,1H3,(H2,19,20,22,23). The SMILES string of the molecule is CCN(CC(=O)NC(=O)NCCC1=CCCCC1)Cc1cccs1. The normalized spacial score (nSPS) is 14.3. The summed E-state index contributed by atoms with van der Waals surface area (Å²) in [5, 5.41) is 7.21. The zero-order valence-corrected chi connectivity index (χ0v) is 15.2. The Hall–Kier alpha value is -1.66. The maximum absolute atomic E-state index is 12.0. The Bertz CT molecular complexity index is 555. The Morgan fingerprint density at radius 1 is 1.33 bits per heavy atom. The van der Waals surface area contributed by atoms with Crippen molar-refractivity contribution in [3.8, 4) is 0 Å². The number of thiophene rings is 1. The van der Waals surface area contributed by atoms with Crippen molar-refractivity contribution in [1.82, 2.24) is 15.5 Å². The van der Waals surface area contributed by atoms with Gasteiger partial charge in [-0.2, -0.15) is 0 Å². The van der Waals surface area contributed by atoms with E-state index in [0.717, 1.165) is 32.4 Å². The second kappa shape index (κ2) is 10.3. The number of nitrogens with zero attached hydrogens (tertiary/aromatic N) is 1. The molecule has 6 heteroatoms. The first-order valence-electron chi connectivity index (χ1n) is 8.67. The van der Waals surface area contributed by atoms with Crippen LogP contribution in [0.5, 0.6) is 0 Å². The monoisotopic (exact) mass is 349 g/mol.